The van der Waals surface area contributed by atoms with Crippen LogP contribution >= 0.6 is 0 Å². The summed E-state index contributed by atoms with van der Waals surface area (Å²) in [5.74, 6) is -0.927. The number of aryl methyl sites for hydroxylation is 1. The second kappa shape index (κ2) is 9.74. The van der Waals surface area contributed by atoms with Crippen LogP contribution in [0.3, 0.4) is 0 Å². The number of esters is 1. The average Bonchev–Trinajstić information content (AvgIpc) is 3.02. The number of benzene rings is 1. The maximum Gasteiger partial charge on any atom is 0.340 e. The Morgan fingerprint density at radius 2 is 1.76 bits per heavy atom. The molecule has 29 heavy (non-hydrogen) atoms. The third-order valence-corrected chi connectivity index (χ3v) is 4.84. The second-order valence-corrected chi connectivity index (χ2v) is 6.61. The fourth-order valence-corrected chi connectivity index (χ4v) is 3.31. The van der Waals surface area contributed by atoms with Crippen LogP contribution in [0.5, 0.6) is 0 Å². The summed E-state index contributed by atoms with van der Waals surface area (Å²) in [7, 11) is 0. The highest BCUT2D eigenvalue weighted by molar-refractivity contribution is 6.15. The van der Waals surface area contributed by atoms with Gasteiger partial charge in [0.15, 0.2) is 0 Å². The minimum Gasteiger partial charge on any atom is -0.462 e. The van der Waals surface area contributed by atoms with Crippen molar-refractivity contribution in [1.29, 1.82) is 5.26 Å². The van der Waals surface area contributed by atoms with E-state index in [0.717, 1.165) is 24.3 Å². The minimum atomic E-state index is -0.479. The van der Waals surface area contributed by atoms with Crippen molar-refractivity contribution in [3.8, 4) is 6.07 Å². The lowest BCUT2D eigenvalue weighted by Gasteiger charge is -2.20. The van der Waals surface area contributed by atoms with Crippen LogP contribution in [0, 0.1) is 25.2 Å². The van der Waals surface area contributed by atoms with Gasteiger partial charge in [-0.05, 0) is 64.0 Å². The molecule has 0 radical (unpaired) electrons. The molecular weight excluding hydrogens is 366 g/mol. The third kappa shape index (κ3) is 4.75. The Bertz CT molecular complexity index is 958. The molecule has 0 atom stereocenters. The number of nitriles is 1. The van der Waals surface area contributed by atoms with Gasteiger partial charge < -0.3 is 14.6 Å². The van der Waals surface area contributed by atoms with E-state index >= 15 is 0 Å². The molecule has 0 aliphatic rings. The van der Waals surface area contributed by atoms with Crippen molar-refractivity contribution in [3.63, 3.8) is 0 Å². The Labute approximate surface area is 171 Å². The van der Waals surface area contributed by atoms with Gasteiger partial charge >= 0.3 is 5.97 Å². The summed E-state index contributed by atoms with van der Waals surface area (Å²) in [5, 5.41) is 9.55. The van der Waals surface area contributed by atoms with Crippen molar-refractivity contribution in [2.75, 3.05) is 24.6 Å². The highest BCUT2D eigenvalue weighted by atomic mass is 16.5. The number of rotatable bonds is 8. The average molecular weight is 393 g/mol. The zero-order valence-corrected chi connectivity index (χ0v) is 17.6. The van der Waals surface area contributed by atoms with Gasteiger partial charge in [-0.15, -0.1) is 0 Å². The molecule has 2 rings (SSSR count). The lowest BCUT2D eigenvalue weighted by molar-refractivity contribution is 0.0525. The lowest BCUT2D eigenvalue weighted by atomic mass is 10.0. The number of aromatic nitrogens is 1. The van der Waals surface area contributed by atoms with E-state index in [9.17, 15) is 14.9 Å². The van der Waals surface area contributed by atoms with E-state index in [1.807, 2.05) is 30.3 Å². The predicted octanol–water partition coefficient (Wildman–Crippen LogP) is 4.44. The first kappa shape index (κ1) is 22.0. The fourth-order valence-electron chi connectivity index (χ4n) is 3.31. The molecule has 1 N–H and O–H groups in total. The molecule has 0 fully saturated rings. The molecule has 6 heteroatoms. The standard InChI is InChI=1S/C23H27N3O3/c1-6-26(7-2)19-11-9-17(10-12-19)13-18(14-24)22(27)21-15(4)20(16(5)25-21)23(28)29-8-3/h9-13,25H,6-8H2,1-5H3/b18-13-. The molecule has 6 nitrogen and oxygen atoms in total. The van der Waals surface area contributed by atoms with Crippen molar-refractivity contribution in [2.45, 2.75) is 34.6 Å². The summed E-state index contributed by atoms with van der Waals surface area (Å²) in [6, 6.07) is 9.70. The first-order valence-electron chi connectivity index (χ1n) is 9.75. The third-order valence-electron chi connectivity index (χ3n) is 4.84. The molecule has 0 aliphatic heterocycles. The number of ketones is 1. The topological polar surface area (TPSA) is 86.2 Å². The summed E-state index contributed by atoms with van der Waals surface area (Å²) >= 11 is 0. The predicted molar refractivity (Wildman–Crippen MR) is 114 cm³/mol. The molecule has 0 spiro atoms. The Kier molecular flexibility index (Phi) is 7.38. The smallest absolute Gasteiger partial charge is 0.340 e. The molecule has 0 saturated carbocycles. The van der Waals surface area contributed by atoms with Crippen LogP contribution in [0.1, 0.15) is 58.4 Å². The molecule has 0 aliphatic carbocycles. The summed E-state index contributed by atoms with van der Waals surface area (Å²) < 4.78 is 5.06. The van der Waals surface area contributed by atoms with Crippen molar-refractivity contribution in [2.24, 2.45) is 0 Å². The van der Waals surface area contributed by atoms with Gasteiger partial charge in [0, 0.05) is 24.5 Å². The number of nitrogens with zero attached hydrogens (tertiary/aromatic N) is 2. The van der Waals surface area contributed by atoms with Gasteiger partial charge in [-0.1, -0.05) is 12.1 Å². The van der Waals surface area contributed by atoms with Gasteiger partial charge in [0.1, 0.15) is 11.6 Å². The van der Waals surface area contributed by atoms with E-state index < -0.39 is 11.8 Å². The van der Waals surface area contributed by atoms with E-state index in [-0.39, 0.29) is 17.9 Å². The van der Waals surface area contributed by atoms with Crippen LogP contribution in [0.25, 0.3) is 6.08 Å². The maximum absolute atomic E-state index is 12.9. The first-order valence-corrected chi connectivity index (χ1v) is 9.75. The monoisotopic (exact) mass is 393 g/mol. The van der Waals surface area contributed by atoms with Gasteiger partial charge in [-0.25, -0.2) is 4.79 Å². The van der Waals surface area contributed by atoms with Crippen LogP contribution in [-0.4, -0.2) is 36.4 Å². The highest BCUT2D eigenvalue weighted by Gasteiger charge is 2.24. The van der Waals surface area contributed by atoms with Crippen molar-refractivity contribution >= 4 is 23.5 Å². The molecule has 0 saturated heterocycles. The Hall–Kier alpha value is -3.33. The van der Waals surface area contributed by atoms with E-state index in [0.29, 0.717) is 16.8 Å². The Morgan fingerprint density at radius 1 is 1.14 bits per heavy atom. The van der Waals surface area contributed by atoms with Gasteiger partial charge in [-0.3, -0.25) is 4.79 Å². The minimum absolute atomic E-state index is 0.000322. The van der Waals surface area contributed by atoms with E-state index in [1.165, 1.54) is 0 Å². The molecule has 152 valence electrons. The van der Waals surface area contributed by atoms with Crippen LogP contribution in [0.4, 0.5) is 5.69 Å². The van der Waals surface area contributed by atoms with E-state index in [2.05, 4.69) is 23.7 Å². The number of carbonyl (C=O) groups is 2. The van der Waals surface area contributed by atoms with E-state index in [4.69, 9.17) is 4.74 Å². The number of allylic oxidation sites excluding steroid dienone is 1. The first-order chi connectivity index (χ1) is 13.9. The van der Waals surface area contributed by atoms with Crippen molar-refractivity contribution in [3.05, 3.63) is 57.9 Å². The Morgan fingerprint density at radius 3 is 2.28 bits per heavy atom. The molecular formula is C23H27N3O3. The molecule has 0 amide bonds. The maximum atomic E-state index is 12.9. The zero-order valence-electron chi connectivity index (χ0n) is 17.6. The van der Waals surface area contributed by atoms with Crippen LogP contribution in [0.15, 0.2) is 29.8 Å². The van der Waals surface area contributed by atoms with Crippen molar-refractivity contribution < 1.29 is 14.3 Å². The number of ether oxygens (including phenoxy) is 1. The molecule has 2 aromatic rings. The SMILES string of the molecule is CCOC(=O)c1c(C)[nH]c(C(=O)/C(C#N)=C\c2ccc(N(CC)CC)cc2)c1C. The molecule has 1 aromatic heterocycles. The fraction of sp³-hybridized carbons (Fsp3) is 0.348. The lowest BCUT2D eigenvalue weighted by Crippen LogP contribution is -2.21. The van der Waals surface area contributed by atoms with Crippen LogP contribution in [-0.2, 0) is 4.74 Å². The summed E-state index contributed by atoms with van der Waals surface area (Å²) in [6.45, 7) is 11.4. The van der Waals surface area contributed by atoms with Gasteiger partial charge in [-0.2, -0.15) is 5.26 Å². The number of anilines is 1. The molecule has 1 aromatic carbocycles. The normalized spacial score (nSPS) is 11.1. The largest absolute Gasteiger partial charge is 0.462 e. The summed E-state index contributed by atoms with van der Waals surface area (Å²) in [5.41, 5.74) is 3.47. The van der Waals surface area contributed by atoms with Gasteiger partial charge in [0.25, 0.3) is 0 Å². The molecule has 0 bridgehead atoms. The Balaban J connectivity index is 2.35. The second-order valence-electron chi connectivity index (χ2n) is 6.61. The van der Waals surface area contributed by atoms with Gasteiger partial charge in [0.05, 0.1) is 17.9 Å². The molecule has 1 heterocycles. The zero-order chi connectivity index (χ0) is 21.6. The summed E-state index contributed by atoms with van der Waals surface area (Å²) in [4.78, 5) is 30.2. The van der Waals surface area contributed by atoms with E-state index in [1.54, 1.807) is 26.8 Å². The summed E-state index contributed by atoms with van der Waals surface area (Å²) in [6.07, 6.45) is 1.56. The van der Waals surface area contributed by atoms with Crippen molar-refractivity contribution in [1.82, 2.24) is 4.98 Å². The number of nitrogens with one attached hydrogen (secondary N) is 1. The number of H-pyrrole nitrogens is 1. The van der Waals surface area contributed by atoms with Crippen LogP contribution < -0.4 is 4.90 Å². The molecule has 0 unspecified atom stereocenters. The van der Waals surface area contributed by atoms with Crippen LogP contribution in [0.2, 0.25) is 0 Å². The number of aromatic amines is 1. The number of hydrogen-bond donors (Lipinski definition) is 1. The number of Topliss-reactive ketones (excluding diaryl/α,β-unsaturated/α-hetero) is 1. The van der Waals surface area contributed by atoms with Gasteiger partial charge in [0.2, 0.25) is 5.78 Å². The quantitative estimate of drug-likeness (QED) is 0.310. The highest BCUT2D eigenvalue weighted by Crippen LogP contribution is 2.23. The number of carbonyl (C=O) groups excluding carboxylic acids is 2. The number of hydrogen-bond acceptors (Lipinski definition) is 5.